The van der Waals surface area contributed by atoms with Crippen molar-refractivity contribution in [3.8, 4) is 12.3 Å². The summed E-state index contributed by atoms with van der Waals surface area (Å²) in [6, 6.07) is 2.27. The molecule has 1 aromatic carbocycles. The standard InChI is InChI=1S/C12H10FN3O2/c1-2-3-4-5-18-12(17)9-6-8(13)7-10-11(9)15-16-14-10/h1,6-7H,3-5H2,(H,14,15,16). The highest BCUT2D eigenvalue weighted by atomic mass is 19.1. The molecule has 1 heterocycles. The van der Waals surface area contributed by atoms with Gasteiger partial charge in [-0.05, 0) is 12.5 Å². The lowest BCUT2D eigenvalue weighted by molar-refractivity contribution is 0.0503. The second-order valence-corrected chi connectivity index (χ2v) is 3.59. The molecule has 6 heteroatoms. The summed E-state index contributed by atoms with van der Waals surface area (Å²) < 4.78 is 18.2. The number of terminal acetylenes is 1. The van der Waals surface area contributed by atoms with E-state index >= 15 is 0 Å². The normalized spacial score (nSPS) is 10.2. The third kappa shape index (κ3) is 2.46. The average molecular weight is 247 g/mol. The van der Waals surface area contributed by atoms with E-state index in [0.29, 0.717) is 18.4 Å². The fourth-order valence-corrected chi connectivity index (χ4v) is 1.49. The maximum atomic E-state index is 13.3. The molecule has 0 unspecified atom stereocenters. The second kappa shape index (κ2) is 5.27. The molecule has 0 atom stereocenters. The molecule has 0 aliphatic heterocycles. The zero-order valence-corrected chi connectivity index (χ0v) is 9.44. The molecule has 0 aliphatic rings. The van der Waals surface area contributed by atoms with Crippen molar-refractivity contribution in [3.05, 3.63) is 23.5 Å². The monoisotopic (exact) mass is 247 g/mol. The van der Waals surface area contributed by atoms with Gasteiger partial charge in [0, 0.05) is 12.5 Å². The van der Waals surface area contributed by atoms with Crippen molar-refractivity contribution in [1.82, 2.24) is 15.4 Å². The topological polar surface area (TPSA) is 67.9 Å². The first-order valence-corrected chi connectivity index (χ1v) is 5.33. The smallest absolute Gasteiger partial charge is 0.340 e. The van der Waals surface area contributed by atoms with Crippen LogP contribution in [0.2, 0.25) is 0 Å². The van der Waals surface area contributed by atoms with Crippen LogP contribution in [0.15, 0.2) is 12.1 Å². The Kier molecular flexibility index (Phi) is 3.53. The van der Waals surface area contributed by atoms with Crippen LogP contribution < -0.4 is 0 Å². The third-order valence-corrected chi connectivity index (χ3v) is 2.31. The lowest BCUT2D eigenvalue weighted by atomic mass is 10.2. The van der Waals surface area contributed by atoms with Crippen LogP contribution >= 0.6 is 0 Å². The molecule has 1 aromatic heterocycles. The van der Waals surface area contributed by atoms with Crippen LogP contribution in [0.3, 0.4) is 0 Å². The summed E-state index contributed by atoms with van der Waals surface area (Å²) in [5.74, 6) is 1.24. The number of aromatic nitrogens is 3. The Labute approximate surface area is 102 Å². The van der Waals surface area contributed by atoms with Gasteiger partial charge in [-0.2, -0.15) is 15.4 Å². The molecule has 5 nitrogen and oxygen atoms in total. The first-order chi connectivity index (χ1) is 8.72. The Morgan fingerprint density at radius 1 is 1.50 bits per heavy atom. The van der Waals surface area contributed by atoms with Crippen LogP contribution in [-0.4, -0.2) is 28.0 Å². The van der Waals surface area contributed by atoms with E-state index in [1.165, 1.54) is 6.07 Å². The molecule has 92 valence electrons. The number of esters is 1. The number of carbonyl (C=O) groups is 1. The Balaban J connectivity index is 2.17. The molecule has 0 bridgehead atoms. The molecule has 0 amide bonds. The molecular weight excluding hydrogens is 237 g/mol. The summed E-state index contributed by atoms with van der Waals surface area (Å²) in [5.41, 5.74) is 0.628. The number of fused-ring (bicyclic) bond motifs is 1. The van der Waals surface area contributed by atoms with Crippen LogP contribution in [0.4, 0.5) is 4.39 Å². The van der Waals surface area contributed by atoms with Gasteiger partial charge in [-0.25, -0.2) is 9.18 Å². The minimum Gasteiger partial charge on any atom is -0.462 e. The molecule has 0 radical (unpaired) electrons. The van der Waals surface area contributed by atoms with Crippen molar-refractivity contribution in [2.45, 2.75) is 12.8 Å². The summed E-state index contributed by atoms with van der Waals surface area (Å²) in [6.07, 6.45) is 6.17. The highest BCUT2D eigenvalue weighted by Crippen LogP contribution is 2.17. The number of nitrogens with zero attached hydrogens (tertiary/aromatic N) is 2. The number of hydrogen-bond donors (Lipinski definition) is 1. The zero-order chi connectivity index (χ0) is 13.0. The van der Waals surface area contributed by atoms with E-state index in [1.807, 2.05) is 0 Å². The van der Waals surface area contributed by atoms with Crippen LogP contribution in [0.1, 0.15) is 23.2 Å². The molecule has 18 heavy (non-hydrogen) atoms. The molecular formula is C12H10FN3O2. The van der Waals surface area contributed by atoms with Gasteiger partial charge in [-0.1, -0.05) is 0 Å². The van der Waals surface area contributed by atoms with Gasteiger partial charge in [0.25, 0.3) is 0 Å². The molecule has 0 spiro atoms. The Morgan fingerprint density at radius 3 is 3.11 bits per heavy atom. The number of ether oxygens (including phenoxy) is 1. The first-order valence-electron chi connectivity index (χ1n) is 5.33. The molecule has 0 fully saturated rings. The molecule has 2 aromatic rings. The fraction of sp³-hybridized carbons (Fsp3) is 0.250. The lowest BCUT2D eigenvalue weighted by Crippen LogP contribution is -2.07. The van der Waals surface area contributed by atoms with E-state index in [9.17, 15) is 9.18 Å². The number of carbonyl (C=O) groups excluding carboxylic acids is 1. The number of aromatic amines is 1. The van der Waals surface area contributed by atoms with Crippen LogP contribution in [0.5, 0.6) is 0 Å². The number of H-pyrrole nitrogens is 1. The van der Waals surface area contributed by atoms with Crippen molar-refractivity contribution < 1.29 is 13.9 Å². The van der Waals surface area contributed by atoms with E-state index < -0.39 is 11.8 Å². The van der Waals surface area contributed by atoms with Crippen molar-refractivity contribution in [2.24, 2.45) is 0 Å². The number of benzene rings is 1. The SMILES string of the molecule is C#CCCCOC(=O)c1cc(F)cc2n[nH]nc12. The summed E-state index contributed by atoms with van der Waals surface area (Å²) in [4.78, 5) is 11.7. The van der Waals surface area contributed by atoms with Crippen molar-refractivity contribution in [2.75, 3.05) is 6.61 Å². The van der Waals surface area contributed by atoms with Crippen molar-refractivity contribution >= 4 is 17.0 Å². The van der Waals surface area contributed by atoms with E-state index in [1.54, 1.807) is 0 Å². The van der Waals surface area contributed by atoms with Gasteiger partial charge < -0.3 is 4.74 Å². The van der Waals surface area contributed by atoms with Crippen LogP contribution in [0.25, 0.3) is 11.0 Å². The minimum atomic E-state index is -0.634. The highest BCUT2D eigenvalue weighted by Gasteiger charge is 2.16. The highest BCUT2D eigenvalue weighted by molar-refractivity contribution is 6.01. The Hall–Kier alpha value is -2.42. The second-order valence-electron chi connectivity index (χ2n) is 3.59. The average Bonchev–Trinajstić information content (AvgIpc) is 2.81. The Bertz CT molecular complexity index is 615. The van der Waals surface area contributed by atoms with E-state index in [2.05, 4.69) is 21.3 Å². The summed E-state index contributed by atoms with van der Waals surface area (Å²) >= 11 is 0. The largest absolute Gasteiger partial charge is 0.462 e. The number of rotatable bonds is 4. The molecule has 0 saturated heterocycles. The summed E-state index contributed by atoms with van der Waals surface area (Å²) in [6.45, 7) is 0.193. The Morgan fingerprint density at radius 2 is 2.33 bits per heavy atom. The fourth-order valence-electron chi connectivity index (χ4n) is 1.49. The van der Waals surface area contributed by atoms with E-state index in [4.69, 9.17) is 11.2 Å². The van der Waals surface area contributed by atoms with Crippen LogP contribution in [-0.2, 0) is 4.74 Å². The summed E-state index contributed by atoms with van der Waals surface area (Å²) in [7, 11) is 0. The zero-order valence-electron chi connectivity index (χ0n) is 9.44. The van der Waals surface area contributed by atoms with Crippen molar-refractivity contribution in [3.63, 3.8) is 0 Å². The number of hydrogen-bond acceptors (Lipinski definition) is 4. The predicted octanol–water partition coefficient (Wildman–Crippen LogP) is 1.67. The summed E-state index contributed by atoms with van der Waals surface area (Å²) in [5, 5.41) is 9.85. The molecule has 1 N–H and O–H groups in total. The van der Waals surface area contributed by atoms with Gasteiger partial charge in [0.1, 0.15) is 16.9 Å². The quantitative estimate of drug-likeness (QED) is 0.507. The number of unbranched alkanes of at least 4 members (excludes halogenated alkanes) is 1. The third-order valence-electron chi connectivity index (χ3n) is 2.31. The van der Waals surface area contributed by atoms with Gasteiger partial charge in [0.15, 0.2) is 0 Å². The van der Waals surface area contributed by atoms with E-state index in [-0.39, 0.29) is 17.7 Å². The van der Waals surface area contributed by atoms with Gasteiger partial charge in [0.05, 0.1) is 12.2 Å². The van der Waals surface area contributed by atoms with Gasteiger partial charge in [-0.3, -0.25) is 0 Å². The van der Waals surface area contributed by atoms with Crippen LogP contribution in [0, 0.1) is 18.2 Å². The lowest BCUT2D eigenvalue weighted by Gasteiger charge is -2.03. The van der Waals surface area contributed by atoms with E-state index in [0.717, 1.165) is 6.07 Å². The van der Waals surface area contributed by atoms with Gasteiger partial charge >= 0.3 is 5.97 Å². The van der Waals surface area contributed by atoms with Gasteiger partial charge in [-0.15, -0.1) is 12.3 Å². The molecule has 0 saturated carbocycles. The molecule has 0 aliphatic carbocycles. The minimum absolute atomic E-state index is 0.0551. The maximum absolute atomic E-state index is 13.3. The van der Waals surface area contributed by atoms with Gasteiger partial charge in [0.2, 0.25) is 0 Å². The maximum Gasteiger partial charge on any atom is 0.340 e. The predicted molar refractivity (Wildman–Crippen MR) is 62.2 cm³/mol. The number of halogens is 1. The first kappa shape index (κ1) is 12.0. The molecule has 2 rings (SSSR count). The number of nitrogens with one attached hydrogen (secondary N) is 1. The van der Waals surface area contributed by atoms with Crippen molar-refractivity contribution in [1.29, 1.82) is 0 Å².